The third kappa shape index (κ3) is 4.11. The van der Waals surface area contributed by atoms with E-state index in [2.05, 4.69) is 17.3 Å². The van der Waals surface area contributed by atoms with Crippen LogP contribution in [-0.2, 0) is 13.6 Å². The number of hydrogen-bond acceptors (Lipinski definition) is 2. The van der Waals surface area contributed by atoms with E-state index < -0.39 is 0 Å². The van der Waals surface area contributed by atoms with E-state index in [9.17, 15) is 0 Å². The molecule has 0 radical (unpaired) electrons. The predicted octanol–water partition coefficient (Wildman–Crippen LogP) is 1.77. The molecule has 0 amide bonds. The zero-order valence-corrected chi connectivity index (χ0v) is 9.59. The number of aryl methyl sites for hydroxylation is 1. The normalized spacial score (nSPS) is 13.1. The van der Waals surface area contributed by atoms with Gasteiger partial charge in [-0.15, -0.1) is 11.6 Å². The van der Waals surface area contributed by atoms with Crippen molar-refractivity contribution in [2.24, 2.45) is 13.0 Å². The lowest BCUT2D eigenvalue weighted by atomic mass is 10.1. The van der Waals surface area contributed by atoms with E-state index in [0.29, 0.717) is 5.92 Å². The molecule has 1 rings (SSSR count). The molecule has 0 aromatic carbocycles. The first kappa shape index (κ1) is 11.5. The van der Waals surface area contributed by atoms with Gasteiger partial charge in [-0.1, -0.05) is 6.92 Å². The second kappa shape index (κ2) is 6.04. The monoisotopic (exact) mass is 215 g/mol. The summed E-state index contributed by atoms with van der Waals surface area (Å²) in [6.45, 7) is 4.05. The molecule has 14 heavy (non-hydrogen) atoms. The summed E-state index contributed by atoms with van der Waals surface area (Å²) in [5.74, 6) is 1.38. The third-order valence-corrected chi connectivity index (χ3v) is 2.39. The van der Waals surface area contributed by atoms with Crippen LogP contribution in [0, 0.1) is 5.92 Å². The van der Waals surface area contributed by atoms with E-state index >= 15 is 0 Å². The van der Waals surface area contributed by atoms with Crippen molar-refractivity contribution in [1.82, 2.24) is 15.1 Å². The van der Waals surface area contributed by atoms with Gasteiger partial charge < -0.3 is 5.32 Å². The summed E-state index contributed by atoms with van der Waals surface area (Å²) in [6, 6.07) is 2.03. The zero-order valence-electron chi connectivity index (χ0n) is 8.83. The molecule has 0 saturated carbocycles. The Balaban J connectivity index is 2.15. The van der Waals surface area contributed by atoms with Crippen LogP contribution in [0.5, 0.6) is 0 Å². The van der Waals surface area contributed by atoms with E-state index in [1.54, 1.807) is 0 Å². The Bertz CT molecular complexity index is 260. The first-order valence-corrected chi connectivity index (χ1v) is 5.51. The van der Waals surface area contributed by atoms with E-state index in [4.69, 9.17) is 11.6 Å². The van der Waals surface area contributed by atoms with Crippen LogP contribution in [0.4, 0.5) is 0 Å². The Morgan fingerprint density at radius 2 is 2.43 bits per heavy atom. The van der Waals surface area contributed by atoms with Crippen LogP contribution in [0.15, 0.2) is 12.3 Å². The molecular weight excluding hydrogens is 198 g/mol. The molecule has 1 heterocycles. The van der Waals surface area contributed by atoms with Crippen molar-refractivity contribution in [2.45, 2.75) is 19.9 Å². The van der Waals surface area contributed by atoms with E-state index in [-0.39, 0.29) is 0 Å². The van der Waals surface area contributed by atoms with Gasteiger partial charge >= 0.3 is 0 Å². The minimum absolute atomic E-state index is 0.635. The van der Waals surface area contributed by atoms with Gasteiger partial charge in [-0.3, -0.25) is 4.68 Å². The van der Waals surface area contributed by atoms with Gasteiger partial charge in [0.15, 0.2) is 0 Å². The van der Waals surface area contributed by atoms with Gasteiger partial charge in [0.2, 0.25) is 0 Å². The molecule has 4 heteroatoms. The molecule has 0 aliphatic rings. The zero-order chi connectivity index (χ0) is 10.4. The van der Waals surface area contributed by atoms with Gasteiger partial charge in [-0.25, -0.2) is 0 Å². The van der Waals surface area contributed by atoms with Gasteiger partial charge in [0.25, 0.3) is 0 Å². The van der Waals surface area contributed by atoms with Gasteiger partial charge in [-0.2, -0.15) is 5.10 Å². The van der Waals surface area contributed by atoms with E-state index in [1.807, 2.05) is 24.0 Å². The molecule has 1 atom stereocenters. The summed E-state index contributed by atoms with van der Waals surface area (Å²) >= 11 is 5.65. The maximum Gasteiger partial charge on any atom is 0.0762 e. The Hall–Kier alpha value is -0.540. The fraction of sp³-hybridized carbons (Fsp3) is 0.700. The highest BCUT2D eigenvalue weighted by molar-refractivity contribution is 6.17. The van der Waals surface area contributed by atoms with Gasteiger partial charge in [0.1, 0.15) is 0 Å². The quantitative estimate of drug-likeness (QED) is 0.734. The Morgan fingerprint density at radius 3 is 3.00 bits per heavy atom. The Morgan fingerprint density at radius 1 is 1.64 bits per heavy atom. The molecule has 0 aliphatic heterocycles. The highest BCUT2D eigenvalue weighted by atomic mass is 35.5. The lowest BCUT2D eigenvalue weighted by Gasteiger charge is -2.09. The van der Waals surface area contributed by atoms with Gasteiger partial charge in [0.05, 0.1) is 5.69 Å². The summed E-state index contributed by atoms with van der Waals surface area (Å²) in [5, 5.41) is 7.65. The highest BCUT2D eigenvalue weighted by Gasteiger charge is 2.01. The summed E-state index contributed by atoms with van der Waals surface area (Å²) < 4.78 is 1.82. The average Bonchev–Trinajstić information content (AvgIpc) is 2.52. The Labute approximate surface area is 90.4 Å². The molecule has 1 aromatic rings. The fourth-order valence-electron chi connectivity index (χ4n) is 1.29. The summed E-state index contributed by atoms with van der Waals surface area (Å²) in [7, 11) is 1.93. The second-order valence-corrected chi connectivity index (χ2v) is 4.07. The largest absolute Gasteiger partial charge is 0.311 e. The van der Waals surface area contributed by atoms with E-state index in [1.165, 1.54) is 0 Å². The number of nitrogens with one attached hydrogen (secondary N) is 1. The van der Waals surface area contributed by atoms with Crippen molar-refractivity contribution in [3.8, 4) is 0 Å². The molecule has 3 nitrogen and oxygen atoms in total. The molecule has 80 valence electrons. The first-order valence-electron chi connectivity index (χ1n) is 4.97. The van der Waals surface area contributed by atoms with Crippen molar-refractivity contribution < 1.29 is 0 Å². The summed E-state index contributed by atoms with van der Waals surface area (Å²) in [6.07, 6.45) is 3.02. The van der Waals surface area contributed by atoms with Crippen molar-refractivity contribution >= 4 is 11.6 Å². The molecular formula is C10H18ClN3. The van der Waals surface area contributed by atoms with Crippen molar-refractivity contribution in [3.05, 3.63) is 18.0 Å². The van der Waals surface area contributed by atoms with Gasteiger partial charge in [0, 0.05) is 25.7 Å². The summed E-state index contributed by atoms with van der Waals surface area (Å²) in [4.78, 5) is 0. The maximum absolute atomic E-state index is 5.65. The predicted molar refractivity (Wildman–Crippen MR) is 59.4 cm³/mol. The minimum Gasteiger partial charge on any atom is -0.311 e. The number of aromatic nitrogens is 2. The number of halogens is 1. The lowest BCUT2D eigenvalue weighted by molar-refractivity contribution is 0.498. The van der Waals surface area contributed by atoms with Crippen LogP contribution in [0.3, 0.4) is 0 Å². The smallest absolute Gasteiger partial charge is 0.0762 e. The van der Waals surface area contributed by atoms with Crippen molar-refractivity contribution in [3.63, 3.8) is 0 Å². The number of hydrogen-bond donors (Lipinski definition) is 1. The SMILES string of the molecule is CC(CCCl)CNCc1ccn(C)n1. The summed E-state index contributed by atoms with van der Waals surface area (Å²) in [5.41, 5.74) is 1.09. The van der Waals surface area contributed by atoms with Crippen LogP contribution in [0.25, 0.3) is 0 Å². The van der Waals surface area contributed by atoms with Crippen molar-refractivity contribution in [2.75, 3.05) is 12.4 Å². The minimum atomic E-state index is 0.635. The second-order valence-electron chi connectivity index (χ2n) is 3.69. The molecule has 0 bridgehead atoms. The standard InChI is InChI=1S/C10H18ClN3/c1-9(3-5-11)7-12-8-10-4-6-14(2)13-10/h4,6,9,12H,3,5,7-8H2,1-2H3. The Kier molecular flexibility index (Phi) is 4.98. The third-order valence-electron chi connectivity index (χ3n) is 2.17. The number of alkyl halides is 1. The molecule has 1 aromatic heterocycles. The first-order chi connectivity index (χ1) is 6.72. The molecule has 0 spiro atoms. The molecule has 0 saturated heterocycles. The van der Waals surface area contributed by atoms with E-state index in [0.717, 1.165) is 31.1 Å². The lowest BCUT2D eigenvalue weighted by Crippen LogP contribution is -2.21. The molecule has 1 unspecified atom stereocenters. The number of nitrogens with zero attached hydrogens (tertiary/aromatic N) is 2. The topological polar surface area (TPSA) is 29.9 Å². The maximum atomic E-state index is 5.65. The van der Waals surface area contributed by atoms with Crippen molar-refractivity contribution in [1.29, 1.82) is 0 Å². The van der Waals surface area contributed by atoms with Crippen LogP contribution in [0.2, 0.25) is 0 Å². The number of rotatable bonds is 6. The van der Waals surface area contributed by atoms with Crippen LogP contribution in [0.1, 0.15) is 19.0 Å². The molecule has 1 N–H and O–H groups in total. The average molecular weight is 216 g/mol. The van der Waals surface area contributed by atoms with Gasteiger partial charge in [-0.05, 0) is 24.9 Å². The fourth-order valence-corrected chi connectivity index (χ4v) is 1.66. The van der Waals surface area contributed by atoms with Crippen LogP contribution in [-0.4, -0.2) is 22.2 Å². The van der Waals surface area contributed by atoms with Crippen LogP contribution < -0.4 is 5.32 Å². The molecule has 0 fully saturated rings. The molecule has 0 aliphatic carbocycles. The highest BCUT2D eigenvalue weighted by Crippen LogP contribution is 2.01. The van der Waals surface area contributed by atoms with Crippen LogP contribution >= 0.6 is 11.6 Å².